The standard InChI is InChI=1S/C16H21BrClN3O5/c1-16(2,3)26-15(23)20-7-6-19(8-10(20)9-22)14-12(21(24)25)5-4-11(18)13(14)17/h4-5,10,22H,6-9H2,1-3H3/t10-/m1/s1. The van der Waals surface area contributed by atoms with E-state index in [1.165, 1.54) is 17.0 Å². The minimum atomic E-state index is -0.650. The van der Waals surface area contributed by atoms with Crippen LogP contribution in [0.15, 0.2) is 16.6 Å². The maximum Gasteiger partial charge on any atom is 0.410 e. The lowest BCUT2D eigenvalue weighted by molar-refractivity contribution is -0.384. The molecule has 0 unspecified atom stereocenters. The fourth-order valence-corrected chi connectivity index (χ4v) is 3.49. The smallest absolute Gasteiger partial charge is 0.410 e. The van der Waals surface area contributed by atoms with E-state index in [9.17, 15) is 20.0 Å². The zero-order valence-electron chi connectivity index (χ0n) is 14.7. The second-order valence-electron chi connectivity index (χ2n) is 6.94. The normalized spacial score (nSPS) is 18.0. The predicted octanol–water partition coefficient (Wildman–Crippen LogP) is 3.43. The second kappa shape index (κ2) is 7.98. The summed E-state index contributed by atoms with van der Waals surface area (Å²) in [5, 5.41) is 21.5. The van der Waals surface area contributed by atoms with Crippen molar-refractivity contribution in [3.8, 4) is 0 Å². The molecule has 1 aliphatic heterocycles. The van der Waals surface area contributed by atoms with Crippen LogP contribution in [0, 0.1) is 10.1 Å². The number of nitrogens with zero attached hydrogens (tertiary/aromatic N) is 3. The number of nitro benzene ring substituents is 1. The van der Waals surface area contributed by atoms with Gasteiger partial charge in [0.2, 0.25) is 0 Å². The van der Waals surface area contributed by atoms with Crippen molar-refractivity contribution in [2.24, 2.45) is 0 Å². The number of carbonyl (C=O) groups excluding carboxylic acids is 1. The highest BCUT2D eigenvalue weighted by Gasteiger charge is 2.36. The van der Waals surface area contributed by atoms with Crippen LogP contribution in [0.3, 0.4) is 0 Å². The summed E-state index contributed by atoms with van der Waals surface area (Å²) in [6.07, 6.45) is -0.518. The van der Waals surface area contributed by atoms with Gasteiger partial charge in [-0.2, -0.15) is 0 Å². The highest BCUT2D eigenvalue weighted by molar-refractivity contribution is 9.10. The summed E-state index contributed by atoms with van der Waals surface area (Å²) in [4.78, 5) is 26.5. The lowest BCUT2D eigenvalue weighted by Crippen LogP contribution is -2.57. The number of carbonyl (C=O) groups is 1. The van der Waals surface area contributed by atoms with Crippen molar-refractivity contribution in [2.45, 2.75) is 32.4 Å². The summed E-state index contributed by atoms with van der Waals surface area (Å²) in [6, 6.07) is 2.24. The van der Waals surface area contributed by atoms with E-state index in [1.807, 2.05) is 0 Å². The third kappa shape index (κ3) is 4.57. The number of amides is 1. The van der Waals surface area contributed by atoms with E-state index in [-0.39, 0.29) is 25.4 Å². The number of anilines is 1. The van der Waals surface area contributed by atoms with Crippen LogP contribution >= 0.6 is 27.5 Å². The van der Waals surface area contributed by atoms with E-state index in [0.29, 0.717) is 21.7 Å². The Hall–Kier alpha value is -1.58. The number of hydrogen-bond donors (Lipinski definition) is 1. The van der Waals surface area contributed by atoms with Gasteiger partial charge in [0, 0.05) is 25.7 Å². The molecule has 0 bridgehead atoms. The lowest BCUT2D eigenvalue weighted by atomic mass is 10.1. The first kappa shape index (κ1) is 20.7. The molecule has 1 atom stereocenters. The van der Waals surface area contributed by atoms with E-state index in [4.69, 9.17) is 16.3 Å². The molecule has 1 fully saturated rings. The summed E-state index contributed by atoms with van der Waals surface area (Å²) in [6.45, 7) is 5.83. The molecular formula is C16H21BrClN3O5. The molecule has 144 valence electrons. The average molecular weight is 451 g/mol. The van der Waals surface area contributed by atoms with Crippen molar-refractivity contribution >= 4 is 45.0 Å². The Kier molecular flexibility index (Phi) is 6.36. The van der Waals surface area contributed by atoms with Crippen LogP contribution in [0.1, 0.15) is 20.8 Å². The van der Waals surface area contributed by atoms with Gasteiger partial charge >= 0.3 is 6.09 Å². The first-order valence-electron chi connectivity index (χ1n) is 8.03. The molecule has 1 amide bonds. The molecule has 26 heavy (non-hydrogen) atoms. The van der Waals surface area contributed by atoms with Gasteiger partial charge < -0.3 is 14.7 Å². The molecule has 0 saturated carbocycles. The Morgan fingerprint density at radius 2 is 2.12 bits per heavy atom. The first-order valence-corrected chi connectivity index (χ1v) is 9.20. The summed E-state index contributed by atoms with van der Waals surface area (Å²) in [5.41, 5.74) is -0.406. The number of piperazine rings is 1. The van der Waals surface area contributed by atoms with Gasteiger partial charge in [0.1, 0.15) is 11.3 Å². The zero-order chi connectivity index (χ0) is 19.6. The predicted molar refractivity (Wildman–Crippen MR) is 102 cm³/mol. The monoisotopic (exact) mass is 449 g/mol. The van der Waals surface area contributed by atoms with Crippen LogP contribution in [0.4, 0.5) is 16.2 Å². The zero-order valence-corrected chi connectivity index (χ0v) is 17.1. The summed E-state index contributed by atoms with van der Waals surface area (Å²) in [7, 11) is 0. The molecule has 0 aliphatic carbocycles. The topological polar surface area (TPSA) is 96.2 Å². The highest BCUT2D eigenvalue weighted by Crippen LogP contribution is 2.41. The number of ether oxygens (including phenoxy) is 1. The molecule has 10 heteroatoms. The molecule has 0 aromatic heterocycles. The van der Waals surface area contributed by atoms with Crippen LogP contribution in [-0.4, -0.2) is 58.9 Å². The van der Waals surface area contributed by atoms with Crippen molar-refractivity contribution < 1.29 is 19.6 Å². The minimum Gasteiger partial charge on any atom is -0.444 e. The van der Waals surface area contributed by atoms with Gasteiger partial charge in [-0.05, 0) is 42.8 Å². The van der Waals surface area contributed by atoms with E-state index < -0.39 is 22.7 Å². The molecule has 0 spiro atoms. The van der Waals surface area contributed by atoms with Gasteiger partial charge in [-0.1, -0.05) is 11.6 Å². The largest absolute Gasteiger partial charge is 0.444 e. The van der Waals surface area contributed by atoms with Crippen LogP contribution in [-0.2, 0) is 4.74 Å². The molecular weight excluding hydrogens is 430 g/mol. The number of aliphatic hydroxyl groups is 1. The van der Waals surface area contributed by atoms with Gasteiger partial charge in [-0.3, -0.25) is 15.0 Å². The average Bonchev–Trinajstić information content (AvgIpc) is 2.54. The number of hydrogen-bond acceptors (Lipinski definition) is 6. The Labute approximate surface area is 164 Å². The molecule has 8 nitrogen and oxygen atoms in total. The van der Waals surface area contributed by atoms with E-state index >= 15 is 0 Å². The van der Waals surface area contributed by atoms with Gasteiger partial charge in [0.25, 0.3) is 5.69 Å². The van der Waals surface area contributed by atoms with Crippen LogP contribution in [0.25, 0.3) is 0 Å². The van der Waals surface area contributed by atoms with Crippen LogP contribution in [0.2, 0.25) is 5.02 Å². The van der Waals surface area contributed by atoms with E-state index in [0.717, 1.165) is 0 Å². The molecule has 2 rings (SSSR count). The Morgan fingerprint density at radius 3 is 2.65 bits per heavy atom. The molecule has 0 radical (unpaired) electrons. The maximum absolute atomic E-state index is 12.4. The molecule has 1 saturated heterocycles. The van der Waals surface area contributed by atoms with Crippen LogP contribution in [0.5, 0.6) is 0 Å². The van der Waals surface area contributed by atoms with E-state index in [1.54, 1.807) is 25.7 Å². The SMILES string of the molecule is CC(C)(C)OC(=O)N1CCN(c2c([N+](=O)[O-])ccc(Cl)c2Br)C[C@@H]1CO. The fraction of sp³-hybridized carbons (Fsp3) is 0.562. The lowest BCUT2D eigenvalue weighted by Gasteiger charge is -2.41. The third-order valence-electron chi connectivity index (χ3n) is 3.88. The second-order valence-corrected chi connectivity index (χ2v) is 8.14. The van der Waals surface area contributed by atoms with Crippen molar-refractivity contribution in [3.05, 3.63) is 31.7 Å². The van der Waals surface area contributed by atoms with Gasteiger partial charge in [0.15, 0.2) is 0 Å². The molecule has 1 aliphatic rings. The molecule has 1 heterocycles. The Balaban J connectivity index is 2.28. The molecule has 1 aromatic rings. The Morgan fingerprint density at radius 1 is 1.46 bits per heavy atom. The first-order chi connectivity index (χ1) is 12.0. The molecule has 1 aromatic carbocycles. The van der Waals surface area contributed by atoms with Crippen molar-refractivity contribution in [3.63, 3.8) is 0 Å². The number of aliphatic hydroxyl groups excluding tert-OH is 1. The van der Waals surface area contributed by atoms with Gasteiger partial charge in [-0.25, -0.2) is 4.79 Å². The number of benzene rings is 1. The molecule has 1 N–H and O–H groups in total. The summed E-state index contributed by atoms with van der Waals surface area (Å²) in [5.74, 6) is 0. The van der Waals surface area contributed by atoms with E-state index in [2.05, 4.69) is 15.9 Å². The number of nitro groups is 1. The number of rotatable bonds is 3. The highest BCUT2D eigenvalue weighted by atomic mass is 79.9. The van der Waals surface area contributed by atoms with Gasteiger partial charge in [0.05, 0.1) is 27.1 Å². The summed E-state index contributed by atoms with van der Waals surface area (Å²) >= 11 is 9.42. The number of halogens is 2. The fourth-order valence-electron chi connectivity index (χ4n) is 2.75. The van der Waals surface area contributed by atoms with Crippen LogP contribution < -0.4 is 4.90 Å². The van der Waals surface area contributed by atoms with Crippen molar-refractivity contribution in [1.82, 2.24) is 4.90 Å². The Bertz CT molecular complexity index is 710. The quantitative estimate of drug-likeness (QED) is 0.560. The minimum absolute atomic E-state index is 0.0938. The third-order valence-corrected chi connectivity index (χ3v) is 5.23. The van der Waals surface area contributed by atoms with Gasteiger partial charge in [-0.15, -0.1) is 0 Å². The van der Waals surface area contributed by atoms with Crippen molar-refractivity contribution in [1.29, 1.82) is 0 Å². The maximum atomic E-state index is 12.4. The summed E-state index contributed by atoms with van der Waals surface area (Å²) < 4.78 is 5.79. The van der Waals surface area contributed by atoms with Crippen molar-refractivity contribution in [2.75, 3.05) is 31.1 Å².